The number of nitrogens with two attached hydrogens (primary N) is 1. The van der Waals surface area contributed by atoms with Gasteiger partial charge in [-0.05, 0) is 43.5 Å². The van der Waals surface area contributed by atoms with Gasteiger partial charge >= 0.3 is 0 Å². The molecule has 0 saturated carbocycles. The number of hydrogen-bond acceptors (Lipinski definition) is 6. The van der Waals surface area contributed by atoms with E-state index in [1.165, 1.54) is 12.1 Å². The van der Waals surface area contributed by atoms with Gasteiger partial charge in [-0.3, -0.25) is 4.79 Å². The predicted octanol–water partition coefficient (Wildman–Crippen LogP) is 2.59. The number of anilines is 1. The van der Waals surface area contributed by atoms with E-state index >= 15 is 0 Å². The number of carbonyl (C=O) groups is 1. The van der Waals surface area contributed by atoms with Gasteiger partial charge in [-0.25, -0.2) is 13.6 Å². The molecule has 0 bridgehead atoms. The summed E-state index contributed by atoms with van der Waals surface area (Å²) in [5, 5.41) is 11.9. The van der Waals surface area contributed by atoms with Gasteiger partial charge in [-0.1, -0.05) is 25.9 Å². The Labute approximate surface area is 159 Å². The third-order valence-electron chi connectivity index (χ3n) is 4.18. The Morgan fingerprint density at radius 1 is 1.26 bits per heavy atom. The van der Waals surface area contributed by atoms with Gasteiger partial charge in [0.2, 0.25) is 21.8 Å². The van der Waals surface area contributed by atoms with E-state index in [0.717, 1.165) is 11.1 Å². The maximum atomic E-state index is 12.2. The van der Waals surface area contributed by atoms with Crippen LogP contribution in [0.4, 0.5) is 5.69 Å². The van der Waals surface area contributed by atoms with Gasteiger partial charge in [0, 0.05) is 23.9 Å². The highest BCUT2D eigenvalue weighted by molar-refractivity contribution is 7.89. The zero-order valence-electron chi connectivity index (χ0n) is 16.3. The van der Waals surface area contributed by atoms with Gasteiger partial charge < -0.3 is 9.84 Å². The number of sulfonamides is 1. The van der Waals surface area contributed by atoms with Crippen LogP contribution in [0.3, 0.4) is 0 Å². The van der Waals surface area contributed by atoms with Crippen molar-refractivity contribution in [2.24, 2.45) is 5.14 Å². The van der Waals surface area contributed by atoms with E-state index in [4.69, 9.17) is 9.66 Å². The van der Waals surface area contributed by atoms with Gasteiger partial charge in [-0.15, -0.1) is 0 Å². The minimum Gasteiger partial charge on any atom is -0.339 e. The lowest BCUT2D eigenvalue weighted by Gasteiger charge is -2.12. The largest absolute Gasteiger partial charge is 0.339 e. The number of hydrogen-bond donors (Lipinski definition) is 2. The molecular formula is C18H26N4O4S. The van der Waals surface area contributed by atoms with Crippen molar-refractivity contribution < 1.29 is 17.7 Å². The van der Waals surface area contributed by atoms with Crippen LogP contribution in [0.25, 0.3) is 0 Å². The van der Waals surface area contributed by atoms with Gasteiger partial charge in [-0.2, -0.15) is 4.98 Å². The lowest BCUT2D eigenvalue weighted by atomic mass is 9.96. The van der Waals surface area contributed by atoms with E-state index in [2.05, 4.69) is 15.5 Å². The van der Waals surface area contributed by atoms with Crippen molar-refractivity contribution in [2.75, 3.05) is 5.32 Å². The Hall–Kier alpha value is -2.26. The fourth-order valence-electron chi connectivity index (χ4n) is 2.39. The van der Waals surface area contributed by atoms with Gasteiger partial charge in [0.1, 0.15) is 0 Å². The molecule has 0 saturated heterocycles. The summed E-state index contributed by atoms with van der Waals surface area (Å²) in [6.45, 7) is 9.56. The molecule has 0 aliphatic rings. The van der Waals surface area contributed by atoms with Gasteiger partial charge in [0.15, 0.2) is 5.82 Å². The van der Waals surface area contributed by atoms with Crippen LogP contribution < -0.4 is 10.5 Å². The van der Waals surface area contributed by atoms with E-state index in [-0.39, 0.29) is 22.6 Å². The first-order valence-corrected chi connectivity index (χ1v) is 10.2. The van der Waals surface area contributed by atoms with Crippen LogP contribution in [0.5, 0.6) is 0 Å². The van der Waals surface area contributed by atoms with Crippen molar-refractivity contribution in [3.8, 4) is 0 Å². The molecule has 0 radical (unpaired) electrons. The predicted molar refractivity (Wildman–Crippen MR) is 102 cm³/mol. The zero-order valence-corrected chi connectivity index (χ0v) is 17.1. The highest BCUT2D eigenvalue weighted by Crippen LogP contribution is 2.24. The highest BCUT2D eigenvalue weighted by atomic mass is 32.2. The normalized spacial score (nSPS) is 12.2. The molecule has 148 valence electrons. The molecular weight excluding hydrogens is 368 g/mol. The number of amides is 1. The van der Waals surface area contributed by atoms with E-state index in [1.54, 1.807) is 6.92 Å². The molecule has 3 N–H and O–H groups in total. The standard InChI is InChI=1S/C18H26N4O4S/c1-11-9-13(27(19,24)25)10-14(12(11)2)20-15(23)7-6-8-16-21-17(22-26-16)18(3,4)5/h9-10H,6-8H2,1-5H3,(H,20,23)(H2,19,24,25). The highest BCUT2D eigenvalue weighted by Gasteiger charge is 2.21. The Balaban J connectivity index is 1.98. The van der Waals surface area contributed by atoms with Crippen molar-refractivity contribution in [3.63, 3.8) is 0 Å². The molecule has 1 heterocycles. The number of primary sulfonamides is 1. The molecule has 1 aromatic heterocycles. The number of aryl methyl sites for hydroxylation is 2. The van der Waals surface area contributed by atoms with Crippen molar-refractivity contribution in [1.29, 1.82) is 0 Å². The molecule has 0 spiro atoms. The molecule has 27 heavy (non-hydrogen) atoms. The summed E-state index contributed by atoms with van der Waals surface area (Å²) in [4.78, 5) is 16.5. The number of nitrogens with one attached hydrogen (secondary N) is 1. The van der Waals surface area contributed by atoms with Crippen LogP contribution in [0.2, 0.25) is 0 Å². The van der Waals surface area contributed by atoms with E-state index in [1.807, 2.05) is 27.7 Å². The lowest BCUT2D eigenvalue weighted by Crippen LogP contribution is -2.16. The summed E-state index contributed by atoms with van der Waals surface area (Å²) in [5.41, 5.74) is 1.78. The quantitative estimate of drug-likeness (QED) is 0.775. The second-order valence-corrected chi connectivity index (χ2v) is 9.18. The third kappa shape index (κ3) is 5.61. The van der Waals surface area contributed by atoms with E-state index in [9.17, 15) is 13.2 Å². The van der Waals surface area contributed by atoms with Crippen LogP contribution in [0, 0.1) is 13.8 Å². The number of benzene rings is 1. The smallest absolute Gasteiger partial charge is 0.238 e. The molecule has 0 unspecified atom stereocenters. The second kappa shape index (κ2) is 7.77. The minimum absolute atomic E-state index is 0.0264. The van der Waals surface area contributed by atoms with Crippen LogP contribution in [0.15, 0.2) is 21.6 Å². The average molecular weight is 394 g/mol. The molecule has 8 nitrogen and oxygen atoms in total. The summed E-state index contributed by atoms with van der Waals surface area (Å²) >= 11 is 0. The first-order valence-electron chi connectivity index (χ1n) is 8.65. The van der Waals surface area contributed by atoms with Gasteiger partial charge in [0.05, 0.1) is 4.90 Å². The van der Waals surface area contributed by atoms with Gasteiger partial charge in [0.25, 0.3) is 0 Å². The Morgan fingerprint density at radius 2 is 1.93 bits per heavy atom. The molecule has 0 fully saturated rings. The van der Waals surface area contributed by atoms with Crippen LogP contribution >= 0.6 is 0 Å². The van der Waals surface area contributed by atoms with Crippen molar-refractivity contribution >= 4 is 21.6 Å². The summed E-state index contributed by atoms with van der Waals surface area (Å²) in [7, 11) is -3.84. The number of rotatable bonds is 6. The summed E-state index contributed by atoms with van der Waals surface area (Å²) in [6.07, 6.45) is 1.27. The zero-order chi connectivity index (χ0) is 20.4. The fourth-order valence-corrected chi connectivity index (χ4v) is 3.02. The molecule has 0 atom stereocenters. The summed E-state index contributed by atoms with van der Waals surface area (Å²) < 4.78 is 28.4. The number of carbonyl (C=O) groups excluding carboxylic acids is 1. The molecule has 2 aromatic rings. The first kappa shape index (κ1) is 21.0. The number of nitrogens with zero attached hydrogens (tertiary/aromatic N) is 2. The Bertz CT molecular complexity index is 943. The first-order chi connectivity index (χ1) is 12.4. The molecule has 0 aliphatic heterocycles. The Morgan fingerprint density at radius 3 is 2.48 bits per heavy atom. The van der Waals surface area contributed by atoms with Crippen LogP contribution in [-0.2, 0) is 26.7 Å². The average Bonchev–Trinajstić information content (AvgIpc) is 2.99. The van der Waals surface area contributed by atoms with Crippen LogP contribution in [0.1, 0.15) is 56.5 Å². The molecule has 1 amide bonds. The second-order valence-electron chi connectivity index (χ2n) is 7.62. The monoisotopic (exact) mass is 394 g/mol. The lowest BCUT2D eigenvalue weighted by molar-refractivity contribution is -0.116. The maximum Gasteiger partial charge on any atom is 0.238 e. The summed E-state index contributed by atoms with van der Waals surface area (Å²) in [5.74, 6) is 0.906. The SMILES string of the molecule is Cc1cc(S(N)(=O)=O)cc(NC(=O)CCCc2nc(C(C)(C)C)no2)c1C. The van der Waals surface area contributed by atoms with E-state index in [0.29, 0.717) is 30.2 Å². The fraction of sp³-hybridized carbons (Fsp3) is 0.500. The molecule has 1 aromatic carbocycles. The summed E-state index contributed by atoms with van der Waals surface area (Å²) in [6, 6.07) is 2.87. The minimum atomic E-state index is -3.84. The third-order valence-corrected chi connectivity index (χ3v) is 5.07. The van der Waals surface area contributed by atoms with Crippen molar-refractivity contribution in [1.82, 2.24) is 10.1 Å². The topological polar surface area (TPSA) is 128 Å². The van der Waals surface area contributed by atoms with Crippen LogP contribution in [-0.4, -0.2) is 24.5 Å². The van der Waals surface area contributed by atoms with Crippen molar-refractivity contribution in [2.45, 2.75) is 64.2 Å². The molecule has 2 rings (SSSR count). The maximum absolute atomic E-state index is 12.2. The molecule has 9 heteroatoms. The molecule has 0 aliphatic carbocycles. The number of aromatic nitrogens is 2. The van der Waals surface area contributed by atoms with Crippen molar-refractivity contribution in [3.05, 3.63) is 35.0 Å². The van der Waals surface area contributed by atoms with E-state index < -0.39 is 10.0 Å². The Kier molecular flexibility index (Phi) is 6.06.